The molecule has 0 aromatic carbocycles. The van der Waals surface area contributed by atoms with Crippen LogP contribution in [-0.4, -0.2) is 42.0 Å². The second-order valence-electron chi connectivity index (χ2n) is 8.00. The Balaban J connectivity index is 1.33. The highest BCUT2D eigenvalue weighted by Crippen LogP contribution is 2.35. The fraction of sp³-hybridized carbons (Fsp3) is 0.684. The fourth-order valence-corrected chi connectivity index (χ4v) is 4.46. The second kappa shape index (κ2) is 6.61. The van der Waals surface area contributed by atoms with Gasteiger partial charge >= 0.3 is 0 Å². The number of hydrogen-bond donors (Lipinski definition) is 0. The first kappa shape index (κ1) is 16.2. The highest BCUT2D eigenvalue weighted by atomic mass is 16.1. The molecule has 2 aromatic rings. The number of hydrogen-bond acceptors (Lipinski definition) is 5. The van der Waals surface area contributed by atoms with Crippen molar-refractivity contribution in [3.63, 3.8) is 0 Å². The number of likely N-dealkylation sites (tertiary alicyclic amines) is 1. The molecule has 7 heteroatoms. The summed E-state index contributed by atoms with van der Waals surface area (Å²) in [4.78, 5) is 15.0. The Morgan fingerprint density at radius 3 is 2.88 bits per heavy atom. The molecule has 1 saturated heterocycles. The Hall–Kier alpha value is -2.02. The molecule has 2 aliphatic carbocycles. The van der Waals surface area contributed by atoms with Gasteiger partial charge < -0.3 is 4.57 Å². The molecule has 1 saturated carbocycles. The molecular weight excluding hydrogens is 328 g/mol. The van der Waals surface area contributed by atoms with E-state index in [1.807, 2.05) is 12.4 Å². The molecule has 138 valence electrons. The Kier molecular flexibility index (Phi) is 4.11. The van der Waals surface area contributed by atoms with Crippen LogP contribution in [0.4, 0.5) is 0 Å². The zero-order chi connectivity index (χ0) is 17.5. The predicted octanol–water partition coefficient (Wildman–Crippen LogP) is 1.71. The molecule has 3 heterocycles. The van der Waals surface area contributed by atoms with Crippen molar-refractivity contribution < 1.29 is 0 Å². The third-order valence-corrected chi connectivity index (χ3v) is 6.09. The van der Waals surface area contributed by atoms with E-state index in [2.05, 4.69) is 19.7 Å². The molecule has 0 amide bonds. The van der Waals surface area contributed by atoms with E-state index in [1.54, 1.807) is 4.68 Å². The lowest BCUT2D eigenvalue weighted by Gasteiger charge is -2.25. The van der Waals surface area contributed by atoms with Gasteiger partial charge in [0.25, 0.3) is 5.56 Å². The molecule has 3 aliphatic rings. The van der Waals surface area contributed by atoms with Crippen LogP contribution in [-0.2, 0) is 25.9 Å². The standard InChI is InChI=1S/C19H26N6O/c26-19-10-14-4-1-2-6-17(14)22-25(19)11-16-5-3-9-23(16)12-18-21-20-13-24(18)15-7-8-15/h10,13,15-16H,1-9,11-12H2. The summed E-state index contributed by atoms with van der Waals surface area (Å²) >= 11 is 0. The first-order chi connectivity index (χ1) is 12.8. The lowest BCUT2D eigenvalue weighted by atomic mass is 9.97. The molecule has 0 radical (unpaired) electrons. The summed E-state index contributed by atoms with van der Waals surface area (Å²) in [5.74, 6) is 1.06. The van der Waals surface area contributed by atoms with E-state index in [0.29, 0.717) is 18.6 Å². The Morgan fingerprint density at radius 1 is 1.12 bits per heavy atom. The molecule has 2 aromatic heterocycles. The predicted molar refractivity (Wildman–Crippen MR) is 96.9 cm³/mol. The van der Waals surface area contributed by atoms with Crippen molar-refractivity contribution in [1.82, 2.24) is 29.4 Å². The van der Waals surface area contributed by atoms with E-state index in [4.69, 9.17) is 5.10 Å². The van der Waals surface area contributed by atoms with Crippen molar-refractivity contribution >= 4 is 0 Å². The average molecular weight is 354 g/mol. The van der Waals surface area contributed by atoms with Gasteiger partial charge in [-0.05, 0) is 63.5 Å². The van der Waals surface area contributed by atoms with Crippen molar-refractivity contribution in [2.75, 3.05) is 6.54 Å². The van der Waals surface area contributed by atoms with Gasteiger partial charge in [0.1, 0.15) is 12.2 Å². The van der Waals surface area contributed by atoms with Crippen molar-refractivity contribution in [2.24, 2.45) is 0 Å². The first-order valence-electron chi connectivity index (χ1n) is 10.0. The molecule has 7 nitrogen and oxygen atoms in total. The van der Waals surface area contributed by atoms with Crippen molar-refractivity contribution in [1.29, 1.82) is 0 Å². The van der Waals surface area contributed by atoms with Crippen LogP contribution in [0.1, 0.15) is 61.6 Å². The fourth-order valence-electron chi connectivity index (χ4n) is 4.46. The Bertz CT molecular complexity index is 852. The molecule has 26 heavy (non-hydrogen) atoms. The zero-order valence-corrected chi connectivity index (χ0v) is 15.2. The molecule has 1 aliphatic heterocycles. The third kappa shape index (κ3) is 3.09. The van der Waals surface area contributed by atoms with E-state index in [1.165, 1.54) is 37.7 Å². The number of aryl methyl sites for hydroxylation is 2. The monoisotopic (exact) mass is 354 g/mol. The lowest BCUT2D eigenvalue weighted by molar-refractivity contribution is 0.208. The molecule has 1 unspecified atom stereocenters. The zero-order valence-electron chi connectivity index (χ0n) is 15.2. The first-order valence-corrected chi connectivity index (χ1v) is 10.0. The van der Waals surface area contributed by atoms with Crippen molar-refractivity contribution in [3.8, 4) is 0 Å². The van der Waals surface area contributed by atoms with E-state index >= 15 is 0 Å². The topological polar surface area (TPSA) is 68.8 Å². The minimum absolute atomic E-state index is 0.0543. The van der Waals surface area contributed by atoms with Gasteiger partial charge in [-0.3, -0.25) is 9.69 Å². The number of nitrogens with zero attached hydrogens (tertiary/aromatic N) is 6. The summed E-state index contributed by atoms with van der Waals surface area (Å²) in [6.07, 6.45) is 11.0. The van der Waals surface area contributed by atoms with E-state index in [0.717, 1.165) is 43.9 Å². The van der Waals surface area contributed by atoms with Gasteiger partial charge in [-0.25, -0.2) is 4.68 Å². The lowest BCUT2D eigenvalue weighted by Crippen LogP contribution is -2.38. The molecule has 1 atom stereocenters. The Morgan fingerprint density at radius 2 is 2.00 bits per heavy atom. The smallest absolute Gasteiger partial charge is 0.267 e. The molecule has 0 N–H and O–H groups in total. The number of aromatic nitrogens is 5. The maximum absolute atomic E-state index is 12.5. The van der Waals surface area contributed by atoms with Gasteiger partial charge in [0.15, 0.2) is 0 Å². The highest BCUT2D eigenvalue weighted by molar-refractivity contribution is 5.20. The SMILES string of the molecule is O=c1cc2c(nn1CC1CCCN1Cc1nncn1C1CC1)CCCC2. The summed E-state index contributed by atoms with van der Waals surface area (Å²) < 4.78 is 3.94. The van der Waals surface area contributed by atoms with Crippen LogP contribution in [0.15, 0.2) is 17.2 Å². The van der Waals surface area contributed by atoms with Crippen LogP contribution >= 0.6 is 0 Å². The normalized spacial score (nSPS) is 23.3. The summed E-state index contributed by atoms with van der Waals surface area (Å²) in [5.41, 5.74) is 2.35. The minimum Gasteiger partial charge on any atom is -0.313 e. The molecule has 5 rings (SSSR count). The maximum atomic E-state index is 12.5. The summed E-state index contributed by atoms with van der Waals surface area (Å²) in [5, 5.41) is 13.2. The molecule has 0 bridgehead atoms. The maximum Gasteiger partial charge on any atom is 0.267 e. The number of fused-ring (bicyclic) bond motifs is 1. The van der Waals surface area contributed by atoms with Crippen LogP contribution in [0, 0.1) is 0 Å². The van der Waals surface area contributed by atoms with Gasteiger partial charge in [-0.1, -0.05) is 0 Å². The van der Waals surface area contributed by atoms with Crippen molar-refractivity contribution in [2.45, 2.75) is 76.5 Å². The van der Waals surface area contributed by atoms with Gasteiger partial charge in [-0.2, -0.15) is 5.10 Å². The minimum atomic E-state index is 0.0543. The van der Waals surface area contributed by atoms with Crippen LogP contribution < -0.4 is 5.56 Å². The van der Waals surface area contributed by atoms with Gasteiger partial charge in [0.2, 0.25) is 0 Å². The molecule has 0 spiro atoms. The largest absolute Gasteiger partial charge is 0.313 e. The Labute approximate surface area is 153 Å². The van der Waals surface area contributed by atoms with Gasteiger partial charge in [0, 0.05) is 18.2 Å². The van der Waals surface area contributed by atoms with E-state index in [9.17, 15) is 4.79 Å². The number of rotatable bonds is 5. The second-order valence-corrected chi connectivity index (χ2v) is 8.00. The van der Waals surface area contributed by atoms with Crippen LogP contribution in [0.25, 0.3) is 0 Å². The van der Waals surface area contributed by atoms with Crippen LogP contribution in [0.3, 0.4) is 0 Å². The summed E-state index contributed by atoms with van der Waals surface area (Å²) in [6.45, 7) is 2.56. The van der Waals surface area contributed by atoms with Gasteiger partial charge in [-0.15, -0.1) is 10.2 Å². The quantitative estimate of drug-likeness (QED) is 0.818. The molecular formula is C19H26N6O. The van der Waals surface area contributed by atoms with E-state index in [-0.39, 0.29) is 5.56 Å². The average Bonchev–Trinajstić information content (AvgIpc) is 3.23. The van der Waals surface area contributed by atoms with Gasteiger partial charge in [0.05, 0.1) is 18.8 Å². The summed E-state index contributed by atoms with van der Waals surface area (Å²) in [6, 6.07) is 2.78. The third-order valence-electron chi connectivity index (χ3n) is 6.09. The van der Waals surface area contributed by atoms with Crippen molar-refractivity contribution in [3.05, 3.63) is 39.8 Å². The molecule has 2 fully saturated rings. The van der Waals surface area contributed by atoms with Crippen LogP contribution in [0.5, 0.6) is 0 Å². The van der Waals surface area contributed by atoms with Crippen LogP contribution in [0.2, 0.25) is 0 Å². The highest BCUT2D eigenvalue weighted by Gasteiger charge is 2.30. The van der Waals surface area contributed by atoms with E-state index < -0.39 is 0 Å². The summed E-state index contributed by atoms with van der Waals surface area (Å²) in [7, 11) is 0.